The molecule has 0 aliphatic heterocycles. The molecule has 1 heteroatoms. The van der Waals surface area contributed by atoms with E-state index in [9.17, 15) is 0 Å². The lowest BCUT2D eigenvalue weighted by molar-refractivity contribution is 0.414. The molecule has 0 saturated heterocycles. The summed E-state index contributed by atoms with van der Waals surface area (Å²) in [6.45, 7) is 5.92. The first-order valence-corrected chi connectivity index (χ1v) is 3.76. The molecule has 0 unspecified atom stereocenters. The highest BCUT2D eigenvalue weighted by molar-refractivity contribution is 5.12. The van der Waals surface area contributed by atoms with E-state index < -0.39 is 0 Å². The molecule has 58 valence electrons. The molecule has 0 aromatic carbocycles. The van der Waals surface area contributed by atoms with Crippen molar-refractivity contribution in [1.82, 2.24) is 0 Å². The van der Waals surface area contributed by atoms with E-state index in [4.69, 9.17) is 5.11 Å². The Labute approximate surface area is 63.1 Å². The third-order valence-corrected chi connectivity index (χ3v) is 1.47. The third kappa shape index (κ3) is 4.19. The third-order valence-electron chi connectivity index (χ3n) is 1.47. The first kappa shape index (κ1) is 9.28. The maximum atomic E-state index is 8.81. The Morgan fingerprint density at radius 1 is 1.20 bits per heavy atom. The summed E-state index contributed by atoms with van der Waals surface area (Å²) < 4.78 is 0. The fourth-order valence-corrected chi connectivity index (χ4v) is 0.724. The Balaban J connectivity index is 3.99. The highest BCUT2D eigenvalue weighted by atomic mass is 16.3. The van der Waals surface area contributed by atoms with Gasteiger partial charge in [-0.2, -0.15) is 0 Å². The van der Waals surface area contributed by atoms with Gasteiger partial charge in [-0.3, -0.25) is 0 Å². The minimum absolute atomic E-state index is 0.374. The predicted octanol–water partition coefficient (Wildman–Crippen LogP) is 3.19. The lowest BCUT2D eigenvalue weighted by Gasteiger charge is -1.95. The van der Waals surface area contributed by atoms with Gasteiger partial charge in [-0.15, -0.1) is 0 Å². The van der Waals surface area contributed by atoms with E-state index in [1.807, 2.05) is 6.08 Å². The Hall–Kier alpha value is -0.720. The molecule has 0 amide bonds. The quantitative estimate of drug-likeness (QED) is 0.471. The smallest absolute Gasteiger partial charge is 0.0891 e. The average molecular weight is 140 g/mol. The van der Waals surface area contributed by atoms with E-state index >= 15 is 0 Å². The summed E-state index contributed by atoms with van der Waals surface area (Å²) in [6.07, 6.45) is 5.86. The summed E-state index contributed by atoms with van der Waals surface area (Å²) in [7, 11) is 0. The van der Waals surface area contributed by atoms with E-state index in [1.54, 1.807) is 13.0 Å². The van der Waals surface area contributed by atoms with E-state index in [-0.39, 0.29) is 0 Å². The Bertz CT molecular complexity index is 133. The molecular weight excluding hydrogens is 124 g/mol. The molecule has 0 atom stereocenters. The van der Waals surface area contributed by atoms with E-state index in [1.165, 1.54) is 5.57 Å². The van der Waals surface area contributed by atoms with Crippen LogP contribution in [0.2, 0.25) is 0 Å². The summed E-state index contributed by atoms with van der Waals surface area (Å²) in [6, 6.07) is 0. The molecular formula is C9H16O. The maximum absolute atomic E-state index is 8.81. The minimum atomic E-state index is 0.374. The molecule has 0 aromatic rings. The zero-order valence-corrected chi connectivity index (χ0v) is 7.02. The number of aliphatic hydroxyl groups is 1. The monoisotopic (exact) mass is 140 g/mol. The lowest BCUT2D eigenvalue weighted by Crippen LogP contribution is -1.76. The van der Waals surface area contributed by atoms with E-state index in [0.717, 1.165) is 12.8 Å². The van der Waals surface area contributed by atoms with Crippen LogP contribution in [0.3, 0.4) is 0 Å². The topological polar surface area (TPSA) is 20.2 Å². The molecule has 0 radical (unpaired) electrons. The van der Waals surface area contributed by atoms with Crippen LogP contribution in [0.1, 0.15) is 33.6 Å². The van der Waals surface area contributed by atoms with Crippen molar-refractivity contribution >= 4 is 0 Å². The number of aliphatic hydroxyl groups excluding tert-OH is 1. The molecule has 10 heavy (non-hydrogen) atoms. The second-order valence-electron chi connectivity index (χ2n) is 2.34. The molecule has 0 aliphatic rings. The molecule has 0 rings (SSSR count). The second kappa shape index (κ2) is 5.10. The first-order valence-electron chi connectivity index (χ1n) is 3.76. The average Bonchev–Trinajstić information content (AvgIpc) is 1.90. The molecule has 0 fully saturated rings. The van der Waals surface area contributed by atoms with Crippen LogP contribution < -0.4 is 0 Å². The summed E-state index contributed by atoms with van der Waals surface area (Å²) in [4.78, 5) is 0. The van der Waals surface area contributed by atoms with Crippen molar-refractivity contribution in [3.63, 3.8) is 0 Å². The summed E-state index contributed by atoms with van der Waals surface area (Å²) in [5, 5.41) is 8.81. The van der Waals surface area contributed by atoms with Crippen molar-refractivity contribution < 1.29 is 5.11 Å². The van der Waals surface area contributed by atoms with Crippen LogP contribution in [0.15, 0.2) is 23.5 Å². The van der Waals surface area contributed by atoms with Crippen molar-refractivity contribution in [2.75, 3.05) is 0 Å². The van der Waals surface area contributed by atoms with E-state index in [2.05, 4.69) is 13.8 Å². The number of hydrogen-bond donors (Lipinski definition) is 1. The number of rotatable bonds is 3. The Morgan fingerprint density at radius 2 is 1.70 bits per heavy atom. The molecule has 0 saturated carbocycles. The first-order chi connectivity index (χ1) is 4.70. The van der Waals surface area contributed by atoms with Gasteiger partial charge in [0.05, 0.1) is 5.76 Å². The van der Waals surface area contributed by atoms with Crippen LogP contribution in [0.5, 0.6) is 0 Å². The number of hydrogen-bond acceptors (Lipinski definition) is 1. The van der Waals surface area contributed by atoms with Gasteiger partial charge in [-0.1, -0.05) is 25.5 Å². The molecule has 0 heterocycles. The van der Waals surface area contributed by atoms with Crippen molar-refractivity contribution in [2.24, 2.45) is 0 Å². The van der Waals surface area contributed by atoms with Crippen molar-refractivity contribution in [3.8, 4) is 0 Å². The van der Waals surface area contributed by atoms with Crippen LogP contribution in [-0.4, -0.2) is 5.11 Å². The maximum Gasteiger partial charge on any atom is 0.0891 e. The minimum Gasteiger partial charge on any atom is -0.513 e. The summed E-state index contributed by atoms with van der Waals surface area (Å²) in [5.41, 5.74) is 1.37. The van der Waals surface area contributed by atoms with Gasteiger partial charge < -0.3 is 5.11 Å². The van der Waals surface area contributed by atoms with Crippen LogP contribution >= 0.6 is 0 Å². The van der Waals surface area contributed by atoms with E-state index in [0.29, 0.717) is 5.76 Å². The van der Waals surface area contributed by atoms with Gasteiger partial charge >= 0.3 is 0 Å². The lowest BCUT2D eigenvalue weighted by atomic mass is 10.1. The van der Waals surface area contributed by atoms with Crippen LogP contribution in [0.4, 0.5) is 0 Å². The largest absolute Gasteiger partial charge is 0.513 e. The summed E-state index contributed by atoms with van der Waals surface area (Å²) >= 11 is 0. The molecule has 0 aliphatic carbocycles. The van der Waals surface area contributed by atoms with Gasteiger partial charge in [-0.25, -0.2) is 0 Å². The van der Waals surface area contributed by atoms with Gasteiger partial charge in [0.2, 0.25) is 0 Å². The van der Waals surface area contributed by atoms with Crippen molar-refractivity contribution in [2.45, 2.75) is 33.6 Å². The van der Waals surface area contributed by atoms with Crippen molar-refractivity contribution in [3.05, 3.63) is 23.5 Å². The Kier molecular flexibility index (Phi) is 4.73. The molecule has 1 nitrogen and oxygen atoms in total. The summed E-state index contributed by atoms with van der Waals surface area (Å²) in [5.74, 6) is 0.374. The fraction of sp³-hybridized carbons (Fsp3) is 0.556. The highest BCUT2D eigenvalue weighted by Crippen LogP contribution is 2.05. The molecule has 0 aromatic heterocycles. The van der Waals surface area contributed by atoms with Gasteiger partial charge in [0.1, 0.15) is 0 Å². The standard InChI is InChI=1S/C9H16O/c1-4-9(5-2)7-6-8(3)10/h6-7,10H,4-5H2,1-3H3/b8-6+. The number of allylic oxidation sites excluding steroid dienone is 4. The molecule has 1 N–H and O–H groups in total. The second-order valence-corrected chi connectivity index (χ2v) is 2.34. The normalized spacial score (nSPS) is 11.3. The Morgan fingerprint density at radius 3 is 2.00 bits per heavy atom. The van der Waals surface area contributed by atoms with Crippen LogP contribution in [0, 0.1) is 0 Å². The van der Waals surface area contributed by atoms with Gasteiger partial charge in [0.15, 0.2) is 0 Å². The fourth-order valence-electron chi connectivity index (χ4n) is 0.724. The highest BCUT2D eigenvalue weighted by Gasteiger charge is 1.86. The molecule has 0 spiro atoms. The van der Waals surface area contributed by atoms with Gasteiger partial charge in [0.25, 0.3) is 0 Å². The molecule has 0 bridgehead atoms. The zero-order chi connectivity index (χ0) is 7.98. The SMILES string of the molecule is CCC(=C/C=C(\C)O)CC. The van der Waals surface area contributed by atoms with Crippen LogP contribution in [0.25, 0.3) is 0 Å². The zero-order valence-electron chi connectivity index (χ0n) is 7.02. The van der Waals surface area contributed by atoms with Gasteiger partial charge in [-0.05, 0) is 25.8 Å². The van der Waals surface area contributed by atoms with Gasteiger partial charge in [0, 0.05) is 0 Å². The van der Waals surface area contributed by atoms with Crippen molar-refractivity contribution in [1.29, 1.82) is 0 Å². The van der Waals surface area contributed by atoms with Crippen LogP contribution in [-0.2, 0) is 0 Å². The predicted molar refractivity (Wildman–Crippen MR) is 45.1 cm³/mol.